The second-order valence-electron chi connectivity index (χ2n) is 6.42. The van der Waals surface area contributed by atoms with Crippen LogP contribution in [0.4, 0.5) is 0 Å². The lowest BCUT2D eigenvalue weighted by Gasteiger charge is -2.33. The molecule has 1 heterocycles. The second kappa shape index (κ2) is 7.90. The zero-order chi connectivity index (χ0) is 15.3. The third kappa shape index (κ3) is 4.65. The smallest absolute Gasteiger partial charge is 0.282 e. The van der Waals surface area contributed by atoms with Crippen molar-refractivity contribution in [3.05, 3.63) is 0 Å². The molecule has 0 aromatic carbocycles. The monoisotopic (exact) mass is 317 g/mol. The van der Waals surface area contributed by atoms with Gasteiger partial charge in [-0.3, -0.25) is 0 Å². The molecule has 21 heavy (non-hydrogen) atoms. The maximum absolute atomic E-state index is 13.0. The van der Waals surface area contributed by atoms with Gasteiger partial charge in [-0.2, -0.15) is 17.0 Å². The van der Waals surface area contributed by atoms with Crippen LogP contribution in [0.1, 0.15) is 52.4 Å². The van der Waals surface area contributed by atoms with Crippen molar-refractivity contribution in [2.75, 3.05) is 32.7 Å². The van der Waals surface area contributed by atoms with E-state index in [-0.39, 0.29) is 6.04 Å². The lowest BCUT2D eigenvalue weighted by Crippen LogP contribution is -2.49. The van der Waals surface area contributed by atoms with Crippen LogP contribution in [0.5, 0.6) is 0 Å². The third-order valence-corrected chi connectivity index (χ3v) is 6.42. The molecular weight excluding hydrogens is 286 g/mol. The summed E-state index contributed by atoms with van der Waals surface area (Å²) in [5, 5.41) is 3.40. The van der Waals surface area contributed by atoms with Crippen LogP contribution in [0, 0.1) is 5.92 Å². The molecule has 0 bridgehead atoms. The molecule has 0 amide bonds. The molecule has 0 aromatic heterocycles. The molecule has 0 radical (unpaired) electrons. The summed E-state index contributed by atoms with van der Waals surface area (Å²) in [6.45, 7) is 8.11. The van der Waals surface area contributed by atoms with Gasteiger partial charge >= 0.3 is 0 Å². The van der Waals surface area contributed by atoms with Gasteiger partial charge in [-0.25, -0.2) is 0 Å². The first-order chi connectivity index (χ1) is 10.1. The Kier molecular flexibility index (Phi) is 6.47. The van der Waals surface area contributed by atoms with Gasteiger partial charge in [0.1, 0.15) is 0 Å². The number of rotatable bonds is 9. The molecule has 1 aliphatic heterocycles. The van der Waals surface area contributed by atoms with Crippen LogP contribution in [0.25, 0.3) is 0 Å². The summed E-state index contributed by atoms with van der Waals surface area (Å²) in [6, 6.07) is 0.258. The quantitative estimate of drug-likeness (QED) is 0.706. The number of hydrogen-bond acceptors (Lipinski definition) is 3. The van der Waals surface area contributed by atoms with Crippen LogP contribution in [0.2, 0.25) is 0 Å². The Morgan fingerprint density at radius 3 is 2.24 bits per heavy atom. The molecule has 1 unspecified atom stereocenters. The highest BCUT2D eigenvalue weighted by atomic mass is 32.2. The number of hydrogen-bond donors (Lipinski definition) is 1. The normalized spacial score (nSPS) is 23.9. The maximum atomic E-state index is 13.0. The molecule has 124 valence electrons. The molecule has 1 atom stereocenters. The summed E-state index contributed by atoms with van der Waals surface area (Å²) in [6.07, 6.45) is 6.13. The van der Waals surface area contributed by atoms with Crippen molar-refractivity contribution in [3.8, 4) is 0 Å². The van der Waals surface area contributed by atoms with E-state index in [1.165, 1.54) is 0 Å². The van der Waals surface area contributed by atoms with Gasteiger partial charge in [0.25, 0.3) is 10.2 Å². The second-order valence-corrected chi connectivity index (χ2v) is 8.30. The Morgan fingerprint density at radius 2 is 1.76 bits per heavy atom. The molecular formula is C15H31N3O2S. The maximum Gasteiger partial charge on any atom is 0.282 e. The van der Waals surface area contributed by atoms with Crippen LogP contribution >= 0.6 is 0 Å². The van der Waals surface area contributed by atoms with Gasteiger partial charge in [0.2, 0.25) is 0 Å². The van der Waals surface area contributed by atoms with E-state index in [9.17, 15) is 8.42 Å². The van der Waals surface area contributed by atoms with Crippen molar-refractivity contribution in [1.82, 2.24) is 13.9 Å². The molecule has 2 aliphatic rings. The Morgan fingerprint density at radius 1 is 1.10 bits per heavy atom. The van der Waals surface area contributed by atoms with Gasteiger partial charge in [0.05, 0.1) is 0 Å². The Balaban J connectivity index is 2.07. The van der Waals surface area contributed by atoms with Gasteiger partial charge in [0, 0.05) is 25.7 Å². The minimum absolute atomic E-state index is 0.258. The highest BCUT2D eigenvalue weighted by Gasteiger charge is 2.41. The first-order valence-electron chi connectivity index (χ1n) is 8.57. The molecule has 6 heteroatoms. The predicted molar refractivity (Wildman–Crippen MR) is 86.4 cm³/mol. The fourth-order valence-corrected chi connectivity index (χ4v) is 5.23. The predicted octanol–water partition coefficient (Wildman–Crippen LogP) is 1.82. The average molecular weight is 317 g/mol. The van der Waals surface area contributed by atoms with E-state index in [4.69, 9.17) is 0 Å². The molecule has 0 aromatic rings. The summed E-state index contributed by atoms with van der Waals surface area (Å²) in [5.74, 6) is 0.472. The Hall–Kier alpha value is -0.170. The van der Waals surface area contributed by atoms with Gasteiger partial charge in [-0.15, -0.1) is 0 Å². The van der Waals surface area contributed by atoms with Gasteiger partial charge in [-0.1, -0.05) is 13.8 Å². The average Bonchev–Trinajstić information content (AvgIpc) is 3.30. The lowest BCUT2D eigenvalue weighted by molar-refractivity contribution is 0.265. The van der Waals surface area contributed by atoms with Crippen molar-refractivity contribution in [2.24, 2.45) is 5.92 Å². The third-order valence-electron chi connectivity index (χ3n) is 4.36. The summed E-state index contributed by atoms with van der Waals surface area (Å²) in [4.78, 5) is 0. The van der Waals surface area contributed by atoms with Crippen molar-refractivity contribution in [2.45, 2.75) is 58.4 Å². The van der Waals surface area contributed by atoms with Crippen molar-refractivity contribution in [3.63, 3.8) is 0 Å². The number of piperidine rings is 1. The molecule has 1 N–H and O–H groups in total. The zero-order valence-electron chi connectivity index (χ0n) is 13.6. The molecule has 1 aliphatic carbocycles. The fourth-order valence-electron chi connectivity index (χ4n) is 3.12. The number of nitrogens with one attached hydrogen (secondary N) is 1. The molecule has 2 rings (SSSR count). The number of nitrogens with zero attached hydrogens (tertiary/aromatic N) is 2. The standard InChI is InChI=1S/C15H31N3O2S/c1-3-10-17(11-4-2)21(19,20)18(15-7-8-15)13-14-6-5-9-16-12-14/h14-16H,3-13H2,1-2H3. The molecule has 0 spiro atoms. The highest BCUT2D eigenvalue weighted by molar-refractivity contribution is 7.86. The van der Waals surface area contributed by atoms with E-state index in [1.54, 1.807) is 4.31 Å². The minimum atomic E-state index is -3.28. The topological polar surface area (TPSA) is 52.7 Å². The molecule has 5 nitrogen and oxygen atoms in total. The summed E-state index contributed by atoms with van der Waals surface area (Å²) < 4.78 is 29.5. The largest absolute Gasteiger partial charge is 0.316 e. The van der Waals surface area contributed by atoms with E-state index in [1.807, 2.05) is 18.2 Å². The van der Waals surface area contributed by atoms with E-state index < -0.39 is 10.2 Å². The summed E-state index contributed by atoms with van der Waals surface area (Å²) in [7, 11) is -3.28. The van der Waals surface area contributed by atoms with Crippen molar-refractivity contribution < 1.29 is 8.42 Å². The first kappa shape index (κ1) is 17.2. The SMILES string of the molecule is CCCN(CCC)S(=O)(=O)N(CC1CCCNC1)C1CC1. The van der Waals surface area contributed by atoms with Gasteiger partial charge < -0.3 is 5.32 Å². The van der Waals surface area contributed by atoms with Crippen LogP contribution in [0.15, 0.2) is 0 Å². The minimum Gasteiger partial charge on any atom is -0.316 e. The van der Waals surface area contributed by atoms with Crippen molar-refractivity contribution >= 4 is 10.2 Å². The van der Waals surface area contributed by atoms with E-state index in [2.05, 4.69) is 5.32 Å². The van der Waals surface area contributed by atoms with Gasteiger partial charge in [0.15, 0.2) is 0 Å². The molecule has 2 fully saturated rings. The van der Waals surface area contributed by atoms with Crippen LogP contribution in [-0.4, -0.2) is 55.8 Å². The van der Waals surface area contributed by atoms with Crippen LogP contribution < -0.4 is 5.32 Å². The Labute approximate surface area is 130 Å². The van der Waals surface area contributed by atoms with Gasteiger partial charge in [-0.05, 0) is 57.5 Å². The lowest BCUT2D eigenvalue weighted by atomic mass is 10.00. The first-order valence-corrected chi connectivity index (χ1v) is 9.96. The van der Waals surface area contributed by atoms with E-state index >= 15 is 0 Å². The molecule has 1 saturated carbocycles. The van der Waals surface area contributed by atoms with E-state index in [0.29, 0.717) is 25.6 Å². The van der Waals surface area contributed by atoms with Crippen LogP contribution in [0.3, 0.4) is 0 Å². The highest BCUT2D eigenvalue weighted by Crippen LogP contribution is 2.32. The zero-order valence-corrected chi connectivity index (χ0v) is 14.4. The van der Waals surface area contributed by atoms with E-state index in [0.717, 1.165) is 51.6 Å². The molecule has 1 saturated heterocycles. The van der Waals surface area contributed by atoms with Crippen molar-refractivity contribution in [1.29, 1.82) is 0 Å². The Bertz CT molecular complexity index is 397. The summed E-state index contributed by atoms with van der Waals surface area (Å²) in [5.41, 5.74) is 0. The summed E-state index contributed by atoms with van der Waals surface area (Å²) >= 11 is 0. The van der Waals surface area contributed by atoms with Crippen LogP contribution in [-0.2, 0) is 10.2 Å². The fraction of sp³-hybridized carbons (Fsp3) is 1.00.